The molecule has 0 spiro atoms. The largest absolute Gasteiger partial charge is 0.316 e. The van der Waals surface area contributed by atoms with Gasteiger partial charge in [-0.1, -0.05) is 24.3 Å². The molecule has 1 aliphatic heterocycles. The van der Waals surface area contributed by atoms with Gasteiger partial charge in [0.2, 0.25) is 5.92 Å². The van der Waals surface area contributed by atoms with Gasteiger partial charge in [0.15, 0.2) is 0 Å². The first-order valence-electron chi connectivity index (χ1n) is 6.19. The number of halogens is 2. The van der Waals surface area contributed by atoms with Crippen LogP contribution < -0.4 is 5.32 Å². The summed E-state index contributed by atoms with van der Waals surface area (Å²) in [5.74, 6) is -1.91. The molecule has 1 unspecified atom stereocenters. The van der Waals surface area contributed by atoms with E-state index in [0.29, 0.717) is 11.5 Å². The molecule has 0 amide bonds. The molecule has 1 saturated heterocycles. The molecule has 0 aromatic heterocycles. The van der Waals surface area contributed by atoms with Gasteiger partial charge in [0.25, 0.3) is 0 Å². The first kappa shape index (κ1) is 12.5. The van der Waals surface area contributed by atoms with E-state index in [2.05, 4.69) is 5.32 Å². The summed E-state index contributed by atoms with van der Waals surface area (Å²) in [7, 11) is 0. The molecule has 0 aliphatic carbocycles. The summed E-state index contributed by atoms with van der Waals surface area (Å²) in [6, 6.07) is 7.63. The van der Waals surface area contributed by atoms with E-state index in [1.165, 1.54) is 12.0 Å². The van der Waals surface area contributed by atoms with Gasteiger partial charge in [-0.3, -0.25) is 0 Å². The zero-order valence-corrected chi connectivity index (χ0v) is 10.2. The zero-order chi connectivity index (χ0) is 12.3. The Morgan fingerprint density at radius 1 is 1.24 bits per heavy atom. The first-order valence-corrected chi connectivity index (χ1v) is 6.19. The van der Waals surface area contributed by atoms with Crippen LogP contribution in [-0.4, -0.2) is 19.0 Å². The normalized spacial score (nSPS) is 20.8. The molecule has 17 heavy (non-hydrogen) atoms. The van der Waals surface area contributed by atoms with E-state index in [1.807, 2.05) is 24.3 Å². The molecule has 0 bridgehead atoms. The van der Waals surface area contributed by atoms with Gasteiger partial charge in [-0.15, -0.1) is 0 Å². The van der Waals surface area contributed by atoms with Gasteiger partial charge >= 0.3 is 0 Å². The molecule has 94 valence electrons. The Kier molecular flexibility index (Phi) is 3.77. The van der Waals surface area contributed by atoms with Gasteiger partial charge in [0.1, 0.15) is 0 Å². The molecule has 1 aromatic carbocycles. The number of hydrogen-bond donors (Lipinski definition) is 1. The highest BCUT2D eigenvalue weighted by Gasteiger charge is 2.21. The van der Waals surface area contributed by atoms with Crippen molar-refractivity contribution in [3.05, 3.63) is 35.4 Å². The van der Waals surface area contributed by atoms with Gasteiger partial charge < -0.3 is 5.32 Å². The molecule has 0 radical (unpaired) electrons. The molecule has 0 saturated carbocycles. The highest BCUT2D eigenvalue weighted by molar-refractivity contribution is 5.24. The monoisotopic (exact) mass is 239 g/mol. The molecular formula is C14H19F2N. The van der Waals surface area contributed by atoms with Crippen molar-refractivity contribution in [1.29, 1.82) is 0 Å². The maximum atomic E-state index is 12.8. The van der Waals surface area contributed by atoms with Crippen molar-refractivity contribution in [3.8, 4) is 0 Å². The van der Waals surface area contributed by atoms with E-state index in [-0.39, 0.29) is 6.42 Å². The van der Waals surface area contributed by atoms with Gasteiger partial charge in [0.05, 0.1) is 0 Å². The van der Waals surface area contributed by atoms with Gasteiger partial charge in [0, 0.05) is 6.42 Å². The van der Waals surface area contributed by atoms with Gasteiger partial charge in [-0.2, -0.15) is 0 Å². The Morgan fingerprint density at radius 3 is 2.41 bits per heavy atom. The fourth-order valence-corrected chi connectivity index (χ4v) is 2.37. The first-order chi connectivity index (χ1) is 8.03. The summed E-state index contributed by atoms with van der Waals surface area (Å²) in [5, 5.41) is 3.34. The molecule has 1 N–H and O–H groups in total. The molecular weight excluding hydrogens is 220 g/mol. The van der Waals surface area contributed by atoms with E-state index in [0.717, 1.165) is 26.4 Å². The minimum atomic E-state index is -2.61. The number of rotatable bonds is 4. The molecule has 1 aromatic rings. The average Bonchev–Trinajstić information content (AvgIpc) is 2.71. The highest BCUT2D eigenvalue weighted by atomic mass is 19.3. The minimum absolute atomic E-state index is 0.168. The quantitative estimate of drug-likeness (QED) is 0.851. The number of benzene rings is 1. The van der Waals surface area contributed by atoms with Crippen LogP contribution in [0.15, 0.2) is 24.3 Å². The molecule has 1 aliphatic rings. The lowest BCUT2D eigenvalue weighted by Gasteiger charge is -2.11. The van der Waals surface area contributed by atoms with Crippen LogP contribution in [0.25, 0.3) is 0 Å². The van der Waals surface area contributed by atoms with E-state index in [4.69, 9.17) is 0 Å². The molecule has 3 heteroatoms. The SMILES string of the molecule is CC(F)(F)Cc1ccc(CC2CCNC2)cc1. The lowest BCUT2D eigenvalue weighted by molar-refractivity contribution is 0.0226. The van der Waals surface area contributed by atoms with Crippen LogP contribution in [-0.2, 0) is 12.8 Å². The third-order valence-electron chi connectivity index (χ3n) is 3.22. The van der Waals surface area contributed by atoms with Crippen molar-refractivity contribution >= 4 is 0 Å². The number of hydrogen-bond acceptors (Lipinski definition) is 1. The molecule has 1 atom stereocenters. The summed E-state index contributed by atoms with van der Waals surface area (Å²) in [4.78, 5) is 0. The second-order valence-electron chi connectivity index (χ2n) is 5.13. The van der Waals surface area contributed by atoms with E-state index < -0.39 is 5.92 Å². The maximum absolute atomic E-state index is 12.8. The molecule has 1 nitrogen and oxygen atoms in total. The van der Waals surface area contributed by atoms with E-state index in [1.54, 1.807) is 0 Å². The van der Waals surface area contributed by atoms with Crippen molar-refractivity contribution in [2.24, 2.45) is 5.92 Å². The van der Waals surface area contributed by atoms with Crippen molar-refractivity contribution in [1.82, 2.24) is 5.32 Å². The molecule has 2 rings (SSSR count). The van der Waals surface area contributed by atoms with Crippen molar-refractivity contribution in [2.45, 2.75) is 32.1 Å². The predicted octanol–water partition coefficient (Wildman–Crippen LogP) is 3.04. The summed E-state index contributed by atoms with van der Waals surface area (Å²) in [6.45, 7) is 3.14. The van der Waals surface area contributed by atoms with Gasteiger partial charge in [-0.05, 0) is 49.9 Å². The Balaban J connectivity index is 1.93. The van der Waals surface area contributed by atoms with Crippen LogP contribution >= 0.6 is 0 Å². The Labute approximate surface area is 101 Å². The van der Waals surface area contributed by atoms with Crippen molar-refractivity contribution < 1.29 is 8.78 Å². The number of alkyl halides is 2. The van der Waals surface area contributed by atoms with Crippen LogP contribution in [0.4, 0.5) is 8.78 Å². The standard InChI is InChI=1S/C14H19F2N/c1-14(15,16)9-12-4-2-11(3-5-12)8-13-6-7-17-10-13/h2-5,13,17H,6-10H2,1H3. The van der Waals surface area contributed by atoms with Crippen LogP contribution in [0.2, 0.25) is 0 Å². The lowest BCUT2D eigenvalue weighted by Crippen LogP contribution is -2.13. The highest BCUT2D eigenvalue weighted by Crippen LogP contribution is 2.20. The fourth-order valence-electron chi connectivity index (χ4n) is 2.37. The second-order valence-corrected chi connectivity index (χ2v) is 5.13. The topological polar surface area (TPSA) is 12.0 Å². The third-order valence-corrected chi connectivity index (χ3v) is 3.22. The maximum Gasteiger partial charge on any atom is 0.249 e. The Morgan fingerprint density at radius 2 is 1.88 bits per heavy atom. The lowest BCUT2D eigenvalue weighted by atomic mass is 9.97. The second kappa shape index (κ2) is 5.13. The summed E-state index contributed by atoms with van der Waals surface area (Å²) < 4.78 is 25.7. The van der Waals surface area contributed by atoms with Crippen LogP contribution in [0.3, 0.4) is 0 Å². The zero-order valence-electron chi connectivity index (χ0n) is 10.2. The number of nitrogens with one attached hydrogen (secondary N) is 1. The average molecular weight is 239 g/mol. The summed E-state index contributed by atoms with van der Waals surface area (Å²) in [6.07, 6.45) is 2.10. The Bertz CT molecular complexity index is 347. The van der Waals surface area contributed by atoms with E-state index >= 15 is 0 Å². The molecule has 1 fully saturated rings. The van der Waals surface area contributed by atoms with Gasteiger partial charge in [-0.25, -0.2) is 8.78 Å². The third kappa shape index (κ3) is 4.08. The summed E-state index contributed by atoms with van der Waals surface area (Å²) >= 11 is 0. The van der Waals surface area contributed by atoms with Crippen LogP contribution in [0, 0.1) is 5.92 Å². The van der Waals surface area contributed by atoms with Crippen LogP contribution in [0.1, 0.15) is 24.5 Å². The fraction of sp³-hybridized carbons (Fsp3) is 0.571. The van der Waals surface area contributed by atoms with Crippen LogP contribution in [0.5, 0.6) is 0 Å². The predicted molar refractivity (Wildman–Crippen MR) is 65.4 cm³/mol. The van der Waals surface area contributed by atoms with Crippen molar-refractivity contribution in [2.75, 3.05) is 13.1 Å². The van der Waals surface area contributed by atoms with Crippen molar-refractivity contribution in [3.63, 3.8) is 0 Å². The Hall–Kier alpha value is -0.960. The molecule has 1 heterocycles. The summed E-state index contributed by atoms with van der Waals surface area (Å²) in [5.41, 5.74) is 1.97. The minimum Gasteiger partial charge on any atom is -0.316 e. The smallest absolute Gasteiger partial charge is 0.249 e. The van der Waals surface area contributed by atoms with E-state index in [9.17, 15) is 8.78 Å².